The Hall–Kier alpha value is -3.19. The fraction of sp³-hybridized carbons (Fsp3) is 0.370. The molecule has 1 amide bonds. The molecule has 1 aliphatic carbocycles. The van der Waals surface area contributed by atoms with Crippen LogP contribution in [0, 0.1) is 0 Å². The molecule has 2 aliphatic rings. The number of carbonyl (C=O) groups is 2. The minimum absolute atomic E-state index is 0.0397. The second kappa shape index (κ2) is 9.58. The average molecular weight is 477 g/mol. The maximum atomic E-state index is 13.2. The standard InChI is InChI=1S/C27H28N2O4S/c1-3-32-26(30)25-14-24(28-34-25)18-13-12-17(2)29(15-18)27(31)33-16-23-21-10-6-4-8-19(21)20-9-5-7-11-22(20)23/h4-11,14,17-18,23H,3,12-13,15-16H2,1-2H3/t17-,18+/m0/s1. The van der Waals surface area contributed by atoms with Crippen molar-refractivity contribution in [1.82, 2.24) is 9.27 Å². The number of aromatic nitrogens is 1. The lowest BCUT2D eigenvalue weighted by atomic mass is 9.91. The van der Waals surface area contributed by atoms with E-state index in [2.05, 4.69) is 35.6 Å². The molecule has 7 heteroatoms. The summed E-state index contributed by atoms with van der Waals surface area (Å²) in [5, 5.41) is 0. The van der Waals surface area contributed by atoms with Crippen LogP contribution >= 0.6 is 11.5 Å². The zero-order chi connectivity index (χ0) is 23.7. The zero-order valence-corrected chi connectivity index (χ0v) is 20.2. The number of piperidine rings is 1. The molecule has 1 fully saturated rings. The first-order chi connectivity index (χ1) is 16.6. The smallest absolute Gasteiger partial charge is 0.410 e. The molecule has 176 valence electrons. The number of fused-ring (bicyclic) bond motifs is 3. The molecule has 34 heavy (non-hydrogen) atoms. The highest BCUT2D eigenvalue weighted by Gasteiger charge is 2.34. The van der Waals surface area contributed by atoms with Crippen LogP contribution in [0.2, 0.25) is 0 Å². The van der Waals surface area contributed by atoms with Crippen LogP contribution < -0.4 is 0 Å². The van der Waals surface area contributed by atoms with Gasteiger partial charge in [-0.15, -0.1) is 0 Å². The molecule has 3 aromatic rings. The molecular weight excluding hydrogens is 448 g/mol. The van der Waals surface area contributed by atoms with Gasteiger partial charge in [-0.1, -0.05) is 48.5 Å². The summed E-state index contributed by atoms with van der Waals surface area (Å²) in [7, 11) is 0. The number of hydrogen-bond donors (Lipinski definition) is 0. The summed E-state index contributed by atoms with van der Waals surface area (Å²) in [6.45, 7) is 5.02. The molecule has 0 saturated carbocycles. The van der Waals surface area contributed by atoms with E-state index in [1.54, 1.807) is 13.0 Å². The minimum Gasteiger partial charge on any atom is -0.462 e. The molecule has 1 aromatic heterocycles. The lowest BCUT2D eigenvalue weighted by Crippen LogP contribution is -2.45. The van der Waals surface area contributed by atoms with E-state index in [0.717, 1.165) is 30.1 Å². The summed E-state index contributed by atoms with van der Waals surface area (Å²) in [5.74, 6) is -0.224. The van der Waals surface area contributed by atoms with Crippen molar-refractivity contribution in [3.05, 3.63) is 76.3 Å². The van der Waals surface area contributed by atoms with Crippen LogP contribution in [0.4, 0.5) is 4.79 Å². The Kier molecular flexibility index (Phi) is 6.37. The van der Waals surface area contributed by atoms with Crippen LogP contribution in [0.25, 0.3) is 11.1 Å². The van der Waals surface area contributed by atoms with Crippen LogP contribution in [0.1, 0.15) is 65.0 Å². The highest BCUT2D eigenvalue weighted by Crippen LogP contribution is 2.44. The first-order valence-electron chi connectivity index (χ1n) is 11.8. The number of nitrogens with zero attached hydrogens (tertiary/aromatic N) is 2. The highest BCUT2D eigenvalue weighted by atomic mass is 32.1. The van der Waals surface area contributed by atoms with Crippen molar-refractivity contribution in [1.29, 1.82) is 0 Å². The van der Waals surface area contributed by atoms with Gasteiger partial charge in [-0.05, 0) is 66.5 Å². The van der Waals surface area contributed by atoms with E-state index in [0.29, 0.717) is 24.6 Å². The molecule has 2 heterocycles. The molecule has 2 aromatic carbocycles. The van der Waals surface area contributed by atoms with Crippen molar-refractivity contribution < 1.29 is 19.1 Å². The molecule has 1 saturated heterocycles. The molecule has 0 radical (unpaired) electrons. The third-order valence-electron chi connectivity index (χ3n) is 6.88. The topological polar surface area (TPSA) is 68.7 Å². The lowest BCUT2D eigenvalue weighted by Gasteiger charge is -2.36. The number of likely N-dealkylation sites (tertiary alicyclic amines) is 1. The van der Waals surface area contributed by atoms with Gasteiger partial charge in [0, 0.05) is 24.4 Å². The van der Waals surface area contributed by atoms with E-state index in [1.807, 2.05) is 29.2 Å². The Bertz CT molecular complexity index is 1160. The van der Waals surface area contributed by atoms with Gasteiger partial charge in [0.1, 0.15) is 11.5 Å². The van der Waals surface area contributed by atoms with Crippen LogP contribution in [0.5, 0.6) is 0 Å². The first kappa shape index (κ1) is 22.6. The summed E-state index contributed by atoms with van der Waals surface area (Å²) in [4.78, 5) is 27.5. The zero-order valence-electron chi connectivity index (χ0n) is 19.4. The molecule has 6 nitrogen and oxygen atoms in total. The minimum atomic E-state index is -0.344. The van der Waals surface area contributed by atoms with E-state index in [-0.39, 0.29) is 29.9 Å². The molecule has 0 bridgehead atoms. The van der Waals surface area contributed by atoms with E-state index >= 15 is 0 Å². The van der Waals surface area contributed by atoms with Crippen LogP contribution in [0.15, 0.2) is 54.6 Å². The van der Waals surface area contributed by atoms with Crippen LogP contribution in [-0.4, -0.2) is 47.1 Å². The van der Waals surface area contributed by atoms with Crippen molar-refractivity contribution in [2.24, 2.45) is 0 Å². The molecule has 0 spiro atoms. The molecule has 1 aliphatic heterocycles. The Balaban J connectivity index is 1.27. The van der Waals surface area contributed by atoms with E-state index in [9.17, 15) is 9.59 Å². The van der Waals surface area contributed by atoms with Gasteiger partial charge in [-0.25, -0.2) is 9.59 Å². The molecule has 0 N–H and O–H groups in total. The maximum absolute atomic E-state index is 13.2. The Morgan fingerprint density at radius 2 is 1.71 bits per heavy atom. The van der Waals surface area contributed by atoms with Crippen molar-refractivity contribution in [3.8, 4) is 11.1 Å². The van der Waals surface area contributed by atoms with Gasteiger partial charge in [0.25, 0.3) is 0 Å². The average Bonchev–Trinajstić information content (AvgIpc) is 3.47. The van der Waals surface area contributed by atoms with Crippen molar-refractivity contribution in [3.63, 3.8) is 0 Å². The number of rotatable bonds is 5. The van der Waals surface area contributed by atoms with Gasteiger partial charge in [-0.3, -0.25) is 0 Å². The second-order valence-electron chi connectivity index (χ2n) is 8.92. The highest BCUT2D eigenvalue weighted by molar-refractivity contribution is 7.08. The molecule has 5 rings (SSSR count). The first-order valence-corrected chi connectivity index (χ1v) is 12.6. The maximum Gasteiger partial charge on any atom is 0.410 e. The monoisotopic (exact) mass is 476 g/mol. The van der Waals surface area contributed by atoms with Gasteiger partial charge >= 0.3 is 12.1 Å². The SMILES string of the molecule is CCOC(=O)c1cc([C@@H]2CC[C@H](C)N(C(=O)OCC3c4ccccc4-c4ccccc43)C2)ns1. The molecule has 0 unspecified atom stereocenters. The molecular formula is C27H28N2O4S. The number of ether oxygens (including phenoxy) is 2. The Morgan fingerprint density at radius 3 is 2.38 bits per heavy atom. The van der Waals surface area contributed by atoms with E-state index in [1.165, 1.54) is 22.3 Å². The van der Waals surface area contributed by atoms with Gasteiger partial charge in [0.15, 0.2) is 0 Å². The van der Waals surface area contributed by atoms with Crippen LogP contribution in [0.3, 0.4) is 0 Å². The fourth-order valence-corrected chi connectivity index (χ4v) is 5.77. The number of benzene rings is 2. The third kappa shape index (κ3) is 4.20. The van der Waals surface area contributed by atoms with Crippen molar-refractivity contribution in [2.45, 2.75) is 44.6 Å². The summed E-state index contributed by atoms with van der Waals surface area (Å²) in [6, 6.07) is 18.6. The van der Waals surface area contributed by atoms with Crippen LogP contribution in [-0.2, 0) is 9.47 Å². The number of esters is 1. The Morgan fingerprint density at radius 1 is 1.03 bits per heavy atom. The summed E-state index contributed by atoms with van der Waals surface area (Å²) >= 11 is 1.16. The number of carbonyl (C=O) groups excluding carboxylic acids is 2. The van der Waals surface area contributed by atoms with E-state index in [4.69, 9.17) is 9.47 Å². The molecule has 2 atom stereocenters. The van der Waals surface area contributed by atoms with Gasteiger partial charge in [0.05, 0.1) is 12.3 Å². The summed E-state index contributed by atoms with van der Waals surface area (Å²) in [5.41, 5.74) is 5.68. The number of amides is 1. The van der Waals surface area contributed by atoms with Gasteiger partial charge in [0.2, 0.25) is 0 Å². The lowest BCUT2D eigenvalue weighted by molar-refractivity contribution is 0.0531. The predicted molar refractivity (Wildman–Crippen MR) is 131 cm³/mol. The van der Waals surface area contributed by atoms with Crippen molar-refractivity contribution >= 4 is 23.6 Å². The van der Waals surface area contributed by atoms with Gasteiger partial charge < -0.3 is 14.4 Å². The number of hydrogen-bond acceptors (Lipinski definition) is 6. The Labute approximate surface area is 203 Å². The normalized spacial score (nSPS) is 19.4. The van der Waals surface area contributed by atoms with Crippen molar-refractivity contribution in [2.75, 3.05) is 19.8 Å². The fourth-order valence-electron chi connectivity index (χ4n) is 5.06. The van der Waals surface area contributed by atoms with Gasteiger partial charge in [-0.2, -0.15) is 4.37 Å². The largest absolute Gasteiger partial charge is 0.462 e. The van der Waals surface area contributed by atoms with E-state index < -0.39 is 0 Å². The third-order valence-corrected chi connectivity index (χ3v) is 7.66. The second-order valence-corrected chi connectivity index (χ2v) is 9.72. The quantitative estimate of drug-likeness (QED) is 0.433. The predicted octanol–water partition coefficient (Wildman–Crippen LogP) is 5.84. The summed E-state index contributed by atoms with van der Waals surface area (Å²) in [6.07, 6.45) is 1.49. The summed E-state index contributed by atoms with van der Waals surface area (Å²) < 4.78 is 15.5.